The Morgan fingerprint density at radius 1 is 0.576 bits per heavy atom. The Morgan fingerprint density at radius 2 is 1.02 bits per heavy atom. The number of ether oxygens (including phenoxy) is 2. The Bertz CT molecular complexity index is 1150. The van der Waals surface area contributed by atoms with Crippen LogP contribution < -0.4 is 5.32 Å². The van der Waals surface area contributed by atoms with E-state index in [2.05, 4.69) is 79.9 Å². The van der Waals surface area contributed by atoms with E-state index in [4.69, 9.17) is 9.47 Å². The van der Waals surface area contributed by atoms with Crippen LogP contribution in [0.5, 0.6) is 0 Å². The molecule has 1 heterocycles. The number of carbonyl (C=O) groups is 1. The van der Waals surface area contributed by atoms with Crippen LogP contribution in [0.2, 0.25) is 0 Å². The first kappa shape index (κ1) is 54.6. The molecule has 1 aliphatic rings. The van der Waals surface area contributed by atoms with Crippen molar-refractivity contribution >= 4 is 5.91 Å². The van der Waals surface area contributed by atoms with Crippen LogP contribution in [0.25, 0.3) is 0 Å². The number of aliphatic hydroxyl groups is 5. The van der Waals surface area contributed by atoms with Crippen molar-refractivity contribution in [3.63, 3.8) is 0 Å². The van der Waals surface area contributed by atoms with Crippen LogP contribution in [-0.2, 0) is 14.3 Å². The van der Waals surface area contributed by atoms with E-state index in [0.29, 0.717) is 6.42 Å². The monoisotopic (exact) mass is 830 g/mol. The topological polar surface area (TPSA) is 149 Å². The molecule has 7 atom stereocenters. The van der Waals surface area contributed by atoms with Crippen molar-refractivity contribution < 1.29 is 39.8 Å². The molecule has 0 aromatic rings. The third-order valence-electron chi connectivity index (χ3n) is 10.7. The molecular formula is C50H87NO8. The van der Waals surface area contributed by atoms with Crippen LogP contribution >= 0.6 is 0 Å². The smallest absolute Gasteiger partial charge is 0.220 e. The van der Waals surface area contributed by atoms with Gasteiger partial charge in [-0.25, -0.2) is 0 Å². The molecule has 0 spiro atoms. The van der Waals surface area contributed by atoms with Gasteiger partial charge in [0.1, 0.15) is 24.4 Å². The maximum absolute atomic E-state index is 13.0. The lowest BCUT2D eigenvalue weighted by Crippen LogP contribution is -2.60. The number of unbranched alkanes of at least 4 members (excludes halogenated alkanes) is 18. The molecule has 1 saturated heterocycles. The summed E-state index contributed by atoms with van der Waals surface area (Å²) in [6.07, 6.45) is 46.5. The zero-order chi connectivity index (χ0) is 43.0. The van der Waals surface area contributed by atoms with Gasteiger partial charge in [0.15, 0.2) is 6.29 Å². The molecule has 9 heteroatoms. The average molecular weight is 830 g/mol. The minimum atomic E-state index is -1.58. The summed E-state index contributed by atoms with van der Waals surface area (Å²) >= 11 is 0. The number of hydrogen-bond donors (Lipinski definition) is 6. The van der Waals surface area contributed by atoms with Gasteiger partial charge in [-0.05, 0) is 83.5 Å². The lowest BCUT2D eigenvalue weighted by Gasteiger charge is -2.40. The maximum atomic E-state index is 13.0. The minimum absolute atomic E-state index is 0.207. The Labute approximate surface area is 359 Å². The number of allylic oxidation sites excluding steroid dienone is 11. The average Bonchev–Trinajstić information content (AvgIpc) is 3.23. The molecule has 0 radical (unpaired) electrons. The second-order valence-corrected chi connectivity index (χ2v) is 16.2. The standard InChI is InChI=1S/C50H87NO8/c1-3-5-7-9-11-13-15-17-19-21-22-24-26-28-30-32-34-36-38-40-46(54)51-43(42-58-50-49(57)48(56)47(55)45(41-52)59-50)44(53)39-37-35-33-31-29-27-25-23-20-18-16-14-12-10-8-6-4-2/h11,13,17,19-20,22-24,29,31,37,39,43-45,47-50,52-53,55-57H,3-10,12,14-16,18,21,25-28,30,32-36,38,40-42H2,1-2H3,(H,51,54)/b13-11-,19-17-,23-20+,24-22-,31-29+,39-37+. The molecule has 340 valence electrons. The Morgan fingerprint density at radius 3 is 1.58 bits per heavy atom. The molecule has 7 unspecified atom stereocenters. The lowest BCUT2D eigenvalue weighted by molar-refractivity contribution is -0.302. The molecule has 9 nitrogen and oxygen atoms in total. The molecule has 1 aliphatic heterocycles. The van der Waals surface area contributed by atoms with Crippen molar-refractivity contribution in [3.8, 4) is 0 Å². The summed E-state index contributed by atoms with van der Waals surface area (Å²) in [6, 6.07) is -0.838. The van der Waals surface area contributed by atoms with E-state index >= 15 is 0 Å². The highest BCUT2D eigenvalue weighted by atomic mass is 16.7. The molecular weight excluding hydrogens is 743 g/mol. The van der Waals surface area contributed by atoms with Gasteiger partial charge < -0.3 is 40.3 Å². The van der Waals surface area contributed by atoms with E-state index in [9.17, 15) is 30.3 Å². The molecule has 0 aromatic heterocycles. The SMILES string of the molecule is CCCCC/C=C\C/C=C\C/C=C\CCCCCCCCC(=O)NC(COC1OC(CO)C(O)C(O)C1O)C(O)/C=C/CC/C=C/CC/C=C/CCCCCCCCC. The first-order chi connectivity index (χ1) is 28.8. The normalized spacial score (nSPS) is 21.4. The second-order valence-electron chi connectivity index (χ2n) is 16.2. The fourth-order valence-electron chi connectivity index (χ4n) is 6.90. The van der Waals surface area contributed by atoms with E-state index in [-0.39, 0.29) is 12.5 Å². The second kappa shape index (κ2) is 39.7. The minimum Gasteiger partial charge on any atom is -0.394 e. The number of carbonyl (C=O) groups excluding carboxylic acids is 1. The highest BCUT2D eigenvalue weighted by Gasteiger charge is 2.44. The summed E-state index contributed by atoms with van der Waals surface area (Å²) in [4.78, 5) is 13.0. The summed E-state index contributed by atoms with van der Waals surface area (Å²) in [6.45, 7) is 3.69. The summed E-state index contributed by atoms with van der Waals surface area (Å²) in [5.74, 6) is -0.207. The van der Waals surface area contributed by atoms with E-state index in [1.807, 2.05) is 6.08 Å². The zero-order valence-corrected chi connectivity index (χ0v) is 37.2. The summed E-state index contributed by atoms with van der Waals surface area (Å²) < 4.78 is 11.2. The van der Waals surface area contributed by atoms with Crippen LogP contribution in [-0.4, -0.2) is 87.5 Å². The molecule has 0 bridgehead atoms. The van der Waals surface area contributed by atoms with Crippen LogP contribution in [0.1, 0.15) is 181 Å². The van der Waals surface area contributed by atoms with E-state index < -0.39 is 49.5 Å². The molecule has 1 amide bonds. The third-order valence-corrected chi connectivity index (χ3v) is 10.7. The van der Waals surface area contributed by atoms with Gasteiger partial charge in [0.25, 0.3) is 0 Å². The number of nitrogens with one attached hydrogen (secondary N) is 1. The number of aliphatic hydroxyl groups excluding tert-OH is 5. The van der Waals surface area contributed by atoms with Gasteiger partial charge in [-0.1, -0.05) is 164 Å². The largest absolute Gasteiger partial charge is 0.394 e. The molecule has 59 heavy (non-hydrogen) atoms. The van der Waals surface area contributed by atoms with Gasteiger partial charge in [0.05, 0.1) is 25.4 Å². The molecule has 6 N–H and O–H groups in total. The van der Waals surface area contributed by atoms with E-state index in [1.165, 1.54) is 70.6 Å². The summed E-state index contributed by atoms with van der Waals surface area (Å²) in [5.41, 5.74) is 0. The van der Waals surface area contributed by atoms with Crippen LogP contribution in [0.15, 0.2) is 72.9 Å². The Balaban J connectivity index is 2.40. The Hall–Kier alpha value is -2.37. The highest BCUT2D eigenvalue weighted by Crippen LogP contribution is 2.22. The van der Waals surface area contributed by atoms with Crippen molar-refractivity contribution in [3.05, 3.63) is 72.9 Å². The Kier molecular flexibility index (Phi) is 36.8. The lowest BCUT2D eigenvalue weighted by atomic mass is 9.99. The highest BCUT2D eigenvalue weighted by molar-refractivity contribution is 5.76. The van der Waals surface area contributed by atoms with Crippen LogP contribution in [0, 0.1) is 0 Å². The zero-order valence-electron chi connectivity index (χ0n) is 37.2. The first-order valence-electron chi connectivity index (χ1n) is 23.7. The van der Waals surface area contributed by atoms with Crippen molar-refractivity contribution in [2.45, 2.75) is 224 Å². The number of amides is 1. The summed E-state index contributed by atoms with van der Waals surface area (Å²) in [5, 5.41) is 54.2. The molecule has 1 fully saturated rings. The molecule has 0 saturated carbocycles. The quantitative estimate of drug-likeness (QED) is 0.0266. The fraction of sp³-hybridized carbons (Fsp3) is 0.740. The maximum Gasteiger partial charge on any atom is 0.220 e. The molecule has 1 rings (SSSR count). The van der Waals surface area contributed by atoms with Gasteiger partial charge in [0.2, 0.25) is 5.91 Å². The van der Waals surface area contributed by atoms with Crippen molar-refractivity contribution in [2.75, 3.05) is 13.2 Å². The van der Waals surface area contributed by atoms with Crippen LogP contribution in [0.3, 0.4) is 0 Å². The van der Waals surface area contributed by atoms with Gasteiger partial charge >= 0.3 is 0 Å². The molecule has 0 aromatic carbocycles. The van der Waals surface area contributed by atoms with Crippen LogP contribution in [0.4, 0.5) is 0 Å². The van der Waals surface area contributed by atoms with Gasteiger partial charge in [-0.15, -0.1) is 0 Å². The van der Waals surface area contributed by atoms with E-state index in [1.54, 1.807) is 6.08 Å². The van der Waals surface area contributed by atoms with Crippen molar-refractivity contribution in [1.82, 2.24) is 5.32 Å². The predicted molar refractivity (Wildman–Crippen MR) is 244 cm³/mol. The van der Waals surface area contributed by atoms with Gasteiger partial charge in [-0.3, -0.25) is 4.79 Å². The van der Waals surface area contributed by atoms with Crippen molar-refractivity contribution in [1.29, 1.82) is 0 Å². The summed E-state index contributed by atoms with van der Waals surface area (Å²) in [7, 11) is 0. The predicted octanol–water partition coefficient (Wildman–Crippen LogP) is 10.2. The van der Waals surface area contributed by atoms with Gasteiger partial charge in [-0.2, -0.15) is 0 Å². The number of rotatable bonds is 38. The van der Waals surface area contributed by atoms with E-state index in [0.717, 1.165) is 89.9 Å². The third kappa shape index (κ3) is 30.3. The fourth-order valence-corrected chi connectivity index (χ4v) is 6.90. The molecule has 0 aliphatic carbocycles. The first-order valence-corrected chi connectivity index (χ1v) is 23.7. The van der Waals surface area contributed by atoms with Crippen molar-refractivity contribution in [2.24, 2.45) is 0 Å². The number of hydrogen-bond acceptors (Lipinski definition) is 8. The van der Waals surface area contributed by atoms with Gasteiger partial charge in [0, 0.05) is 6.42 Å².